The van der Waals surface area contributed by atoms with Crippen molar-refractivity contribution >= 4 is 19.8 Å². The minimum atomic E-state index is -4.57. The van der Waals surface area contributed by atoms with Crippen LogP contribution in [0, 0.1) is 0 Å². The van der Waals surface area contributed by atoms with Crippen LogP contribution in [0.4, 0.5) is 0 Å². The Bertz CT molecular complexity index is 477. The highest BCUT2D eigenvalue weighted by Gasteiger charge is 2.14. The van der Waals surface area contributed by atoms with Gasteiger partial charge in [0.05, 0.1) is 18.4 Å². The summed E-state index contributed by atoms with van der Waals surface area (Å²) in [4.78, 5) is 39.3. The van der Waals surface area contributed by atoms with E-state index in [0.717, 1.165) is 6.26 Å². The zero-order valence-corrected chi connectivity index (χ0v) is 13.2. The number of esters is 2. The van der Waals surface area contributed by atoms with Crippen molar-refractivity contribution in [3.05, 3.63) is 24.0 Å². The second-order valence-electron chi connectivity index (χ2n) is 4.05. The van der Waals surface area contributed by atoms with Gasteiger partial charge in [-0.2, -0.15) is 0 Å². The first-order valence-electron chi connectivity index (χ1n) is 6.11. The SMILES string of the molecule is C=C(C)C(=O)OCCO/C=C(\C)C(=O)OCCOP(=O)(O)O. The molecule has 9 nitrogen and oxygen atoms in total. The molecule has 0 aliphatic heterocycles. The average Bonchev–Trinajstić information content (AvgIpc) is 2.41. The second-order valence-corrected chi connectivity index (χ2v) is 5.29. The lowest BCUT2D eigenvalue weighted by Crippen LogP contribution is -2.12. The van der Waals surface area contributed by atoms with Gasteiger partial charge in [-0.3, -0.25) is 4.52 Å². The van der Waals surface area contributed by atoms with E-state index in [1.54, 1.807) is 0 Å². The maximum absolute atomic E-state index is 11.4. The van der Waals surface area contributed by atoms with E-state index in [1.807, 2.05) is 0 Å². The molecule has 0 saturated heterocycles. The molecule has 126 valence electrons. The summed E-state index contributed by atoms with van der Waals surface area (Å²) in [6, 6.07) is 0. The van der Waals surface area contributed by atoms with Crippen LogP contribution >= 0.6 is 7.82 Å². The lowest BCUT2D eigenvalue weighted by molar-refractivity contribution is -0.141. The van der Waals surface area contributed by atoms with Crippen LogP contribution in [-0.4, -0.2) is 48.2 Å². The van der Waals surface area contributed by atoms with E-state index in [1.165, 1.54) is 13.8 Å². The Morgan fingerprint density at radius 1 is 1.05 bits per heavy atom. The van der Waals surface area contributed by atoms with Crippen LogP contribution in [-0.2, 0) is 32.9 Å². The number of carbonyl (C=O) groups excluding carboxylic acids is 2. The summed E-state index contributed by atoms with van der Waals surface area (Å²) in [5.74, 6) is -1.26. The standard InChI is InChI=1S/C12H19O9P/c1-9(2)11(13)19-5-4-18-8-10(3)12(14)20-6-7-21-22(15,16)17/h8H,1,4-7H2,2-3H3,(H2,15,16,17)/b10-8+. The summed E-state index contributed by atoms with van der Waals surface area (Å²) in [6.45, 7) is 5.65. The Morgan fingerprint density at radius 2 is 1.59 bits per heavy atom. The van der Waals surface area contributed by atoms with E-state index in [4.69, 9.17) is 19.3 Å². The molecule has 0 spiro atoms. The van der Waals surface area contributed by atoms with Gasteiger partial charge in [-0.15, -0.1) is 0 Å². The zero-order chi connectivity index (χ0) is 17.2. The fourth-order valence-corrected chi connectivity index (χ4v) is 1.25. The Labute approximate surface area is 127 Å². The van der Waals surface area contributed by atoms with Crippen LogP contribution in [0.5, 0.6) is 0 Å². The third-order valence-corrected chi connectivity index (χ3v) is 2.46. The minimum Gasteiger partial charge on any atom is -0.497 e. The topological polar surface area (TPSA) is 129 Å². The molecule has 0 aliphatic rings. The van der Waals surface area contributed by atoms with E-state index < -0.39 is 26.4 Å². The number of hydrogen-bond acceptors (Lipinski definition) is 7. The van der Waals surface area contributed by atoms with E-state index in [2.05, 4.69) is 15.8 Å². The molecule has 0 saturated carbocycles. The molecule has 0 bridgehead atoms. The molecule has 10 heteroatoms. The Kier molecular flexibility index (Phi) is 9.35. The first-order valence-corrected chi connectivity index (χ1v) is 7.64. The predicted molar refractivity (Wildman–Crippen MR) is 74.4 cm³/mol. The van der Waals surface area contributed by atoms with Gasteiger partial charge in [-0.25, -0.2) is 14.2 Å². The molecular weight excluding hydrogens is 319 g/mol. The Balaban J connectivity index is 3.86. The Morgan fingerprint density at radius 3 is 2.14 bits per heavy atom. The van der Waals surface area contributed by atoms with Crippen molar-refractivity contribution in [3.8, 4) is 0 Å². The summed E-state index contributed by atoms with van der Waals surface area (Å²) in [6.07, 6.45) is 1.13. The fourth-order valence-electron chi connectivity index (χ4n) is 0.942. The van der Waals surface area contributed by atoms with Gasteiger partial charge in [0.15, 0.2) is 0 Å². The van der Waals surface area contributed by atoms with Crippen molar-refractivity contribution in [3.63, 3.8) is 0 Å². The molecule has 0 aliphatic carbocycles. The zero-order valence-electron chi connectivity index (χ0n) is 12.3. The highest BCUT2D eigenvalue weighted by Crippen LogP contribution is 2.35. The normalized spacial score (nSPS) is 11.7. The van der Waals surface area contributed by atoms with Gasteiger partial charge in [0.25, 0.3) is 0 Å². The summed E-state index contributed by atoms with van der Waals surface area (Å²) in [5, 5.41) is 0. The average molecular weight is 338 g/mol. The van der Waals surface area contributed by atoms with Crippen molar-refractivity contribution < 1.29 is 42.7 Å². The molecule has 0 aromatic carbocycles. The Hall–Kier alpha value is -1.67. The van der Waals surface area contributed by atoms with Crippen molar-refractivity contribution in [2.45, 2.75) is 13.8 Å². The smallest absolute Gasteiger partial charge is 0.469 e. The number of phosphoric ester groups is 1. The lowest BCUT2D eigenvalue weighted by Gasteiger charge is -2.07. The van der Waals surface area contributed by atoms with Crippen molar-refractivity contribution in [1.29, 1.82) is 0 Å². The van der Waals surface area contributed by atoms with Gasteiger partial charge in [-0.1, -0.05) is 6.58 Å². The highest BCUT2D eigenvalue weighted by atomic mass is 31.2. The van der Waals surface area contributed by atoms with Gasteiger partial charge in [0, 0.05) is 5.57 Å². The summed E-state index contributed by atoms with van der Waals surface area (Å²) in [7, 11) is -4.57. The summed E-state index contributed by atoms with van der Waals surface area (Å²) in [5.41, 5.74) is 0.398. The van der Waals surface area contributed by atoms with E-state index >= 15 is 0 Å². The molecule has 0 rings (SSSR count). The quantitative estimate of drug-likeness (QED) is 0.194. The van der Waals surface area contributed by atoms with Crippen molar-refractivity contribution in [2.24, 2.45) is 0 Å². The third kappa shape index (κ3) is 11.0. The molecule has 0 radical (unpaired) electrons. The maximum atomic E-state index is 11.4. The van der Waals surface area contributed by atoms with Crippen LogP contribution in [0.15, 0.2) is 24.0 Å². The van der Waals surface area contributed by atoms with E-state index in [0.29, 0.717) is 0 Å². The van der Waals surface area contributed by atoms with Gasteiger partial charge in [0.2, 0.25) is 0 Å². The lowest BCUT2D eigenvalue weighted by atomic mass is 10.3. The second kappa shape index (κ2) is 10.1. The van der Waals surface area contributed by atoms with Crippen LogP contribution < -0.4 is 0 Å². The summed E-state index contributed by atoms with van der Waals surface area (Å²) < 4.78 is 28.9. The van der Waals surface area contributed by atoms with Gasteiger partial charge in [-0.05, 0) is 13.8 Å². The first kappa shape index (κ1) is 20.3. The summed E-state index contributed by atoms with van der Waals surface area (Å²) >= 11 is 0. The highest BCUT2D eigenvalue weighted by molar-refractivity contribution is 7.46. The molecule has 0 atom stereocenters. The molecule has 0 heterocycles. The van der Waals surface area contributed by atoms with E-state index in [9.17, 15) is 14.2 Å². The molecule has 0 aromatic heterocycles. The van der Waals surface area contributed by atoms with Crippen LogP contribution in [0.2, 0.25) is 0 Å². The van der Waals surface area contributed by atoms with Crippen molar-refractivity contribution in [2.75, 3.05) is 26.4 Å². The van der Waals surface area contributed by atoms with Gasteiger partial charge in [0.1, 0.15) is 19.8 Å². The molecular formula is C12H19O9P. The van der Waals surface area contributed by atoms with Crippen molar-refractivity contribution in [1.82, 2.24) is 0 Å². The fraction of sp³-hybridized carbons (Fsp3) is 0.500. The van der Waals surface area contributed by atoms with E-state index in [-0.39, 0.29) is 31.0 Å². The van der Waals surface area contributed by atoms with Crippen LogP contribution in [0.3, 0.4) is 0 Å². The molecule has 0 aromatic rings. The first-order chi connectivity index (χ1) is 10.1. The number of hydrogen-bond donors (Lipinski definition) is 2. The van der Waals surface area contributed by atoms with Gasteiger partial charge < -0.3 is 24.0 Å². The maximum Gasteiger partial charge on any atom is 0.469 e. The van der Waals surface area contributed by atoms with Crippen LogP contribution in [0.1, 0.15) is 13.8 Å². The predicted octanol–water partition coefficient (Wildman–Crippen LogP) is 0.679. The molecule has 0 amide bonds. The molecule has 0 fully saturated rings. The third-order valence-electron chi connectivity index (χ3n) is 1.94. The molecule has 22 heavy (non-hydrogen) atoms. The van der Waals surface area contributed by atoms with Crippen LogP contribution in [0.25, 0.3) is 0 Å². The molecule has 2 N–H and O–H groups in total. The number of phosphoric acid groups is 1. The number of ether oxygens (including phenoxy) is 3. The minimum absolute atomic E-state index is 0.000641. The monoisotopic (exact) mass is 338 g/mol. The number of carbonyl (C=O) groups is 2. The van der Waals surface area contributed by atoms with Gasteiger partial charge >= 0.3 is 19.8 Å². The molecule has 0 unspecified atom stereocenters. The largest absolute Gasteiger partial charge is 0.497 e. The number of rotatable bonds is 10.